The lowest BCUT2D eigenvalue weighted by atomic mass is 9.98. The molecule has 0 radical (unpaired) electrons. The molecule has 0 aliphatic rings. The summed E-state index contributed by atoms with van der Waals surface area (Å²) in [7, 11) is 1.62. The van der Waals surface area contributed by atoms with Gasteiger partial charge in [0, 0.05) is 5.33 Å². The summed E-state index contributed by atoms with van der Waals surface area (Å²) < 4.78 is 24.3. The van der Waals surface area contributed by atoms with Gasteiger partial charge in [0.1, 0.15) is 5.82 Å². The van der Waals surface area contributed by atoms with E-state index >= 15 is 0 Å². The molecule has 0 fully saturated rings. The summed E-state index contributed by atoms with van der Waals surface area (Å²) in [6, 6.07) is 14.3. The van der Waals surface area contributed by atoms with Crippen molar-refractivity contribution >= 4 is 15.9 Å². The van der Waals surface area contributed by atoms with Crippen molar-refractivity contribution in [2.45, 2.75) is 12.3 Å². The molecule has 4 heteroatoms. The van der Waals surface area contributed by atoms with Gasteiger partial charge in [-0.1, -0.05) is 40.2 Å². The van der Waals surface area contributed by atoms with E-state index in [2.05, 4.69) is 15.9 Å². The van der Waals surface area contributed by atoms with Gasteiger partial charge in [-0.3, -0.25) is 0 Å². The zero-order valence-electron chi connectivity index (χ0n) is 11.9. The van der Waals surface area contributed by atoms with Gasteiger partial charge in [0.2, 0.25) is 0 Å². The molecule has 0 amide bonds. The van der Waals surface area contributed by atoms with Gasteiger partial charge in [-0.2, -0.15) is 0 Å². The number of ether oxygens (including phenoxy) is 2. The first-order valence-electron chi connectivity index (χ1n) is 6.82. The first-order valence-corrected chi connectivity index (χ1v) is 7.94. The fourth-order valence-electron chi connectivity index (χ4n) is 2.14. The Bertz CT molecular complexity index is 574. The minimum atomic E-state index is -0.205. The summed E-state index contributed by atoms with van der Waals surface area (Å²) in [6.07, 6.45) is 0.798. The molecule has 112 valence electrons. The van der Waals surface area contributed by atoms with Gasteiger partial charge in [-0.15, -0.1) is 0 Å². The first-order chi connectivity index (χ1) is 10.2. The van der Waals surface area contributed by atoms with Gasteiger partial charge in [0.05, 0.1) is 13.7 Å². The van der Waals surface area contributed by atoms with Crippen LogP contribution >= 0.6 is 15.9 Å². The molecule has 0 aliphatic heterocycles. The zero-order chi connectivity index (χ0) is 15.1. The molecule has 0 aliphatic carbocycles. The van der Waals surface area contributed by atoms with E-state index in [4.69, 9.17) is 9.47 Å². The van der Waals surface area contributed by atoms with Crippen LogP contribution in [0.2, 0.25) is 0 Å². The van der Waals surface area contributed by atoms with Gasteiger partial charge in [-0.25, -0.2) is 4.39 Å². The first kappa shape index (κ1) is 15.8. The molecule has 0 heterocycles. The predicted molar refractivity (Wildman–Crippen MR) is 86.0 cm³/mol. The van der Waals surface area contributed by atoms with E-state index in [1.54, 1.807) is 19.2 Å². The minimum absolute atomic E-state index is 0.205. The van der Waals surface area contributed by atoms with Crippen LogP contribution in [0.1, 0.15) is 17.9 Å². The molecular weight excluding hydrogens is 335 g/mol. The van der Waals surface area contributed by atoms with E-state index in [9.17, 15) is 4.39 Å². The Labute approximate surface area is 133 Å². The minimum Gasteiger partial charge on any atom is -0.493 e. The second kappa shape index (κ2) is 8.03. The molecule has 0 saturated carbocycles. The Morgan fingerprint density at radius 3 is 2.52 bits per heavy atom. The Morgan fingerprint density at radius 1 is 1.10 bits per heavy atom. The number of hydrogen-bond donors (Lipinski definition) is 0. The molecule has 0 saturated heterocycles. The van der Waals surface area contributed by atoms with Crippen LogP contribution < -0.4 is 9.47 Å². The lowest BCUT2D eigenvalue weighted by molar-refractivity contribution is 0.282. The average molecular weight is 353 g/mol. The Kier molecular flexibility index (Phi) is 6.05. The van der Waals surface area contributed by atoms with Crippen LogP contribution in [-0.4, -0.2) is 19.0 Å². The topological polar surface area (TPSA) is 18.5 Å². The third-order valence-electron chi connectivity index (χ3n) is 3.30. The van der Waals surface area contributed by atoms with Gasteiger partial charge in [0.15, 0.2) is 11.5 Å². The molecule has 0 N–H and O–H groups in total. The smallest absolute Gasteiger partial charge is 0.161 e. The molecule has 2 rings (SSSR count). The van der Waals surface area contributed by atoms with Crippen LogP contribution in [0, 0.1) is 5.82 Å². The van der Waals surface area contributed by atoms with Crippen LogP contribution in [0.4, 0.5) is 4.39 Å². The summed E-state index contributed by atoms with van der Waals surface area (Å²) in [5, 5.41) is 0.770. The lowest BCUT2D eigenvalue weighted by Gasteiger charge is -2.16. The van der Waals surface area contributed by atoms with Gasteiger partial charge in [0.25, 0.3) is 0 Å². The highest BCUT2D eigenvalue weighted by Crippen LogP contribution is 2.27. The highest BCUT2D eigenvalue weighted by atomic mass is 79.9. The van der Waals surface area contributed by atoms with E-state index < -0.39 is 0 Å². The summed E-state index contributed by atoms with van der Waals surface area (Å²) in [4.78, 5) is 0. The summed E-state index contributed by atoms with van der Waals surface area (Å²) in [5.41, 5.74) is 0.982. The SMILES string of the molecule is COc1ccccc1OCCC(CBr)c1cccc(F)c1. The van der Waals surface area contributed by atoms with E-state index in [-0.39, 0.29) is 11.7 Å². The average Bonchev–Trinajstić information content (AvgIpc) is 2.52. The number of benzene rings is 2. The maximum absolute atomic E-state index is 13.3. The van der Waals surface area contributed by atoms with Crippen LogP contribution in [0.25, 0.3) is 0 Å². The molecule has 0 spiro atoms. The molecule has 21 heavy (non-hydrogen) atoms. The van der Waals surface area contributed by atoms with Crippen molar-refractivity contribution in [2.75, 3.05) is 19.0 Å². The van der Waals surface area contributed by atoms with Crippen LogP contribution in [0.3, 0.4) is 0 Å². The van der Waals surface area contributed by atoms with Crippen LogP contribution in [0.15, 0.2) is 48.5 Å². The van der Waals surface area contributed by atoms with E-state index in [1.807, 2.05) is 30.3 Å². The summed E-state index contributed by atoms with van der Waals surface area (Å²) >= 11 is 3.49. The third-order valence-corrected chi connectivity index (χ3v) is 4.08. The number of methoxy groups -OCH3 is 1. The number of alkyl halides is 1. The highest BCUT2D eigenvalue weighted by molar-refractivity contribution is 9.09. The molecule has 2 nitrogen and oxygen atoms in total. The van der Waals surface area contributed by atoms with Crippen molar-refractivity contribution in [3.63, 3.8) is 0 Å². The van der Waals surface area contributed by atoms with Crippen LogP contribution in [-0.2, 0) is 0 Å². The third kappa shape index (κ3) is 4.46. The number of hydrogen-bond acceptors (Lipinski definition) is 2. The molecule has 1 unspecified atom stereocenters. The van der Waals surface area contributed by atoms with Crippen molar-refractivity contribution in [2.24, 2.45) is 0 Å². The molecule has 0 aromatic heterocycles. The second-order valence-electron chi connectivity index (χ2n) is 4.69. The molecule has 2 aromatic rings. The Hall–Kier alpha value is -1.55. The normalized spacial score (nSPS) is 12.0. The fourth-order valence-corrected chi connectivity index (χ4v) is 2.84. The summed E-state index contributed by atoms with van der Waals surface area (Å²) in [6.45, 7) is 0.549. The lowest BCUT2D eigenvalue weighted by Crippen LogP contribution is -2.08. The molecule has 0 bridgehead atoms. The molecule has 2 aromatic carbocycles. The maximum Gasteiger partial charge on any atom is 0.161 e. The molecule has 1 atom stereocenters. The predicted octanol–water partition coefficient (Wildman–Crippen LogP) is 4.78. The van der Waals surface area contributed by atoms with Gasteiger partial charge in [-0.05, 0) is 42.2 Å². The van der Waals surface area contributed by atoms with Crippen molar-refractivity contribution in [1.82, 2.24) is 0 Å². The van der Waals surface area contributed by atoms with Crippen LogP contribution in [0.5, 0.6) is 11.5 Å². The van der Waals surface area contributed by atoms with Crippen molar-refractivity contribution in [1.29, 1.82) is 0 Å². The Balaban J connectivity index is 1.95. The Morgan fingerprint density at radius 2 is 1.86 bits per heavy atom. The largest absolute Gasteiger partial charge is 0.493 e. The van der Waals surface area contributed by atoms with Crippen molar-refractivity contribution in [3.05, 3.63) is 59.9 Å². The molecular formula is C17H18BrFO2. The van der Waals surface area contributed by atoms with Crippen molar-refractivity contribution in [3.8, 4) is 11.5 Å². The van der Waals surface area contributed by atoms with E-state index in [0.29, 0.717) is 6.61 Å². The van der Waals surface area contributed by atoms with Gasteiger partial charge < -0.3 is 9.47 Å². The summed E-state index contributed by atoms with van der Waals surface area (Å²) in [5.74, 6) is 1.46. The number of para-hydroxylation sites is 2. The standard InChI is InChI=1S/C17H18BrFO2/c1-20-16-7-2-3-8-17(16)21-10-9-14(12-18)13-5-4-6-15(19)11-13/h2-8,11,14H,9-10,12H2,1H3. The maximum atomic E-state index is 13.3. The monoisotopic (exact) mass is 352 g/mol. The number of halogens is 2. The second-order valence-corrected chi connectivity index (χ2v) is 5.34. The van der Waals surface area contributed by atoms with E-state index in [1.165, 1.54) is 6.07 Å². The van der Waals surface area contributed by atoms with E-state index in [0.717, 1.165) is 28.8 Å². The highest BCUT2D eigenvalue weighted by Gasteiger charge is 2.12. The fraction of sp³-hybridized carbons (Fsp3) is 0.294. The zero-order valence-corrected chi connectivity index (χ0v) is 13.5. The van der Waals surface area contributed by atoms with Crippen molar-refractivity contribution < 1.29 is 13.9 Å². The number of rotatable bonds is 7. The van der Waals surface area contributed by atoms with Gasteiger partial charge >= 0.3 is 0 Å². The quantitative estimate of drug-likeness (QED) is 0.667.